The Balaban J connectivity index is 1.90. The first-order valence-corrected chi connectivity index (χ1v) is 12.1. The molecule has 0 aliphatic rings. The van der Waals surface area contributed by atoms with E-state index in [1.54, 1.807) is 12.1 Å². The van der Waals surface area contributed by atoms with Crippen LogP contribution in [0.5, 0.6) is 0 Å². The number of hydrogen-bond acceptors (Lipinski definition) is 3. The first-order chi connectivity index (χ1) is 16.1. The maximum atomic E-state index is 12.2. The summed E-state index contributed by atoms with van der Waals surface area (Å²) >= 11 is 0. The van der Waals surface area contributed by atoms with E-state index in [0.29, 0.717) is 18.4 Å². The Bertz CT molecular complexity index is 878. The third-order valence-electron chi connectivity index (χ3n) is 5.56. The largest absolute Gasteiger partial charge is 0.370 e. The van der Waals surface area contributed by atoms with Gasteiger partial charge in [-0.1, -0.05) is 87.6 Å². The number of benzene rings is 2. The average molecular weight is 451 g/mol. The fraction of sp³-hybridized carbons (Fsp3) is 0.429. The Labute approximate surface area is 198 Å². The van der Waals surface area contributed by atoms with Gasteiger partial charge in [0.1, 0.15) is 6.61 Å². The van der Waals surface area contributed by atoms with Crippen LogP contribution < -0.4 is 11.2 Å². The Morgan fingerprint density at radius 1 is 0.939 bits per heavy atom. The van der Waals surface area contributed by atoms with Gasteiger partial charge in [-0.3, -0.25) is 14.4 Å². The fourth-order valence-electron chi connectivity index (χ4n) is 3.67. The van der Waals surface area contributed by atoms with Crippen LogP contribution in [-0.2, 0) is 22.7 Å². The van der Waals surface area contributed by atoms with Gasteiger partial charge in [-0.2, -0.15) is 0 Å². The number of rotatable bonds is 16. The minimum atomic E-state index is -0.294. The van der Waals surface area contributed by atoms with Crippen molar-refractivity contribution in [2.45, 2.75) is 77.7 Å². The molecular weight excluding hydrogens is 412 g/mol. The van der Waals surface area contributed by atoms with Crippen LogP contribution in [-0.4, -0.2) is 11.8 Å². The molecule has 3 N–H and O–H groups in total. The number of amides is 2. The molecule has 2 aromatic carbocycles. The second-order valence-corrected chi connectivity index (χ2v) is 8.39. The minimum absolute atomic E-state index is 0.256. The van der Waals surface area contributed by atoms with Crippen LogP contribution in [0.2, 0.25) is 0 Å². The molecule has 5 heteroatoms. The van der Waals surface area contributed by atoms with Crippen molar-refractivity contribution in [2.24, 2.45) is 5.73 Å². The molecule has 178 valence electrons. The Kier molecular flexibility index (Phi) is 12.6. The zero-order chi connectivity index (χ0) is 23.7. The lowest BCUT2D eigenvalue weighted by molar-refractivity contribution is -0.118. The molecule has 0 aliphatic carbocycles. The highest BCUT2D eigenvalue weighted by atomic mass is 16.6. The van der Waals surface area contributed by atoms with Crippen molar-refractivity contribution in [2.75, 3.05) is 0 Å². The summed E-state index contributed by atoms with van der Waals surface area (Å²) in [4.78, 5) is 28.8. The van der Waals surface area contributed by atoms with Gasteiger partial charge in [-0.25, -0.2) is 5.48 Å². The topological polar surface area (TPSA) is 81.4 Å². The molecule has 0 aliphatic heterocycles. The van der Waals surface area contributed by atoms with Crippen LogP contribution >= 0.6 is 0 Å². The van der Waals surface area contributed by atoms with Gasteiger partial charge in [0.05, 0.1) is 0 Å². The van der Waals surface area contributed by atoms with Crippen LogP contribution in [0.4, 0.5) is 0 Å². The third kappa shape index (κ3) is 11.0. The summed E-state index contributed by atoms with van der Waals surface area (Å²) in [7, 11) is 0. The molecule has 0 aromatic heterocycles. The van der Waals surface area contributed by atoms with Crippen LogP contribution in [0.15, 0.2) is 54.6 Å². The molecule has 2 rings (SSSR count). The molecular formula is C28H38N2O3. The number of unbranched alkanes of at least 4 members (excludes halogenated alkanes) is 6. The van der Waals surface area contributed by atoms with E-state index in [1.165, 1.54) is 38.5 Å². The molecule has 0 spiro atoms. The van der Waals surface area contributed by atoms with Gasteiger partial charge >= 0.3 is 0 Å². The summed E-state index contributed by atoms with van der Waals surface area (Å²) in [6.45, 7) is 2.50. The highest BCUT2D eigenvalue weighted by molar-refractivity contribution is 5.93. The quantitative estimate of drug-likeness (QED) is 0.239. The highest BCUT2D eigenvalue weighted by Crippen LogP contribution is 2.18. The molecule has 0 unspecified atom stereocenters. The number of nitrogens with two attached hydrogens (primary N) is 1. The molecule has 0 fully saturated rings. The van der Waals surface area contributed by atoms with Crippen molar-refractivity contribution >= 4 is 17.9 Å². The average Bonchev–Trinajstić information content (AvgIpc) is 2.82. The van der Waals surface area contributed by atoms with Crippen molar-refractivity contribution in [3.63, 3.8) is 0 Å². The van der Waals surface area contributed by atoms with Gasteiger partial charge in [0, 0.05) is 12.0 Å². The van der Waals surface area contributed by atoms with Gasteiger partial charge in [-0.15, -0.1) is 0 Å². The van der Waals surface area contributed by atoms with Gasteiger partial charge < -0.3 is 5.73 Å². The summed E-state index contributed by atoms with van der Waals surface area (Å²) < 4.78 is 0. The predicted octanol–water partition coefficient (Wildman–Crippen LogP) is 6.12. The third-order valence-corrected chi connectivity index (χ3v) is 5.56. The first kappa shape index (κ1) is 26.3. The second kappa shape index (κ2) is 15.8. The fourth-order valence-corrected chi connectivity index (χ4v) is 3.67. The Hall–Kier alpha value is -2.92. The molecule has 0 heterocycles. The monoisotopic (exact) mass is 450 g/mol. The molecule has 5 nitrogen and oxygen atoms in total. The van der Waals surface area contributed by atoms with Crippen LogP contribution in [0, 0.1) is 0 Å². The summed E-state index contributed by atoms with van der Waals surface area (Å²) in [5.74, 6) is -0.571. The molecule has 0 radical (unpaired) electrons. The Morgan fingerprint density at radius 3 is 2.45 bits per heavy atom. The van der Waals surface area contributed by atoms with Gasteiger partial charge in [0.2, 0.25) is 5.91 Å². The summed E-state index contributed by atoms with van der Waals surface area (Å²) in [6, 6.07) is 15.2. The smallest absolute Gasteiger partial charge is 0.274 e. The molecule has 0 saturated carbocycles. The van der Waals surface area contributed by atoms with E-state index >= 15 is 0 Å². The summed E-state index contributed by atoms with van der Waals surface area (Å²) in [5, 5.41) is 0. The number of hydroxylamine groups is 1. The molecule has 2 aromatic rings. The summed E-state index contributed by atoms with van der Waals surface area (Å²) in [6.07, 6.45) is 15.0. The molecule has 2 amide bonds. The van der Waals surface area contributed by atoms with Crippen LogP contribution in [0.1, 0.15) is 91.8 Å². The van der Waals surface area contributed by atoms with Gasteiger partial charge in [0.25, 0.3) is 5.91 Å². The van der Waals surface area contributed by atoms with E-state index in [2.05, 4.69) is 36.7 Å². The Morgan fingerprint density at radius 2 is 1.70 bits per heavy atom. The van der Waals surface area contributed by atoms with E-state index in [4.69, 9.17) is 10.6 Å². The highest BCUT2D eigenvalue weighted by Gasteiger charge is 2.08. The summed E-state index contributed by atoms with van der Waals surface area (Å²) in [5.41, 5.74) is 11.6. The number of allylic oxidation sites excluding steroid dienone is 1. The zero-order valence-electron chi connectivity index (χ0n) is 19.9. The minimum Gasteiger partial charge on any atom is -0.370 e. The maximum absolute atomic E-state index is 12.2. The van der Waals surface area contributed by atoms with Crippen molar-refractivity contribution in [3.05, 3.63) is 76.9 Å². The number of nitrogens with one attached hydrogen (secondary N) is 1. The van der Waals surface area contributed by atoms with E-state index in [-0.39, 0.29) is 18.4 Å². The van der Waals surface area contributed by atoms with E-state index < -0.39 is 0 Å². The van der Waals surface area contributed by atoms with Gasteiger partial charge in [-0.05, 0) is 54.5 Å². The number of aryl methyl sites for hydroxylation is 1. The number of carbonyl (C=O) groups is 2. The lowest BCUT2D eigenvalue weighted by Gasteiger charge is -2.12. The van der Waals surface area contributed by atoms with Crippen molar-refractivity contribution in [1.82, 2.24) is 5.48 Å². The van der Waals surface area contributed by atoms with Crippen molar-refractivity contribution in [1.29, 1.82) is 0 Å². The second-order valence-electron chi connectivity index (χ2n) is 8.39. The van der Waals surface area contributed by atoms with E-state index in [9.17, 15) is 9.59 Å². The van der Waals surface area contributed by atoms with E-state index in [1.807, 2.05) is 24.3 Å². The first-order valence-electron chi connectivity index (χ1n) is 12.1. The predicted molar refractivity (Wildman–Crippen MR) is 134 cm³/mol. The molecule has 33 heavy (non-hydrogen) atoms. The van der Waals surface area contributed by atoms with Crippen molar-refractivity contribution < 1.29 is 14.4 Å². The lowest BCUT2D eigenvalue weighted by Crippen LogP contribution is -2.23. The van der Waals surface area contributed by atoms with Gasteiger partial charge in [0.15, 0.2) is 0 Å². The number of carbonyl (C=O) groups excluding carboxylic acids is 2. The molecule has 0 atom stereocenters. The SMILES string of the molecule is CCCCCCCC/C=C/c1ccc(CONC(=O)c2ccccc2)c(CCCC(N)=O)c1. The molecule has 0 bridgehead atoms. The van der Waals surface area contributed by atoms with E-state index in [0.717, 1.165) is 29.5 Å². The molecule has 0 saturated heterocycles. The lowest BCUT2D eigenvalue weighted by atomic mass is 9.99. The standard InChI is InChI=1S/C28H38N2O3/c1-2-3-4-5-6-7-8-10-14-23-19-20-26(25(21-23)17-13-18-27(29)31)22-33-30-28(32)24-15-11-9-12-16-24/h9-12,14-16,19-21H,2-8,13,17-18,22H2,1H3,(H2,29,31)(H,30,32)/b14-10+. The normalized spacial score (nSPS) is 11.1. The number of primary amides is 1. The number of hydrogen-bond donors (Lipinski definition) is 2. The van der Waals surface area contributed by atoms with Crippen molar-refractivity contribution in [3.8, 4) is 0 Å². The van der Waals surface area contributed by atoms with Crippen LogP contribution in [0.25, 0.3) is 6.08 Å². The maximum Gasteiger partial charge on any atom is 0.274 e. The zero-order valence-corrected chi connectivity index (χ0v) is 19.9. The van der Waals surface area contributed by atoms with Crippen LogP contribution in [0.3, 0.4) is 0 Å².